The molecule has 1 N–H and O–H groups in total. The molecule has 1 aromatic carbocycles. The topological polar surface area (TPSA) is 67.5 Å². The van der Waals surface area contributed by atoms with Crippen LogP contribution < -0.4 is 11.1 Å². The molecule has 2 aromatic rings. The number of hydrogen-bond acceptors (Lipinski definition) is 4. The Balaban J connectivity index is 1.59. The van der Waals surface area contributed by atoms with Gasteiger partial charge in [0.2, 0.25) is 5.91 Å². The molecule has 0 unspecified atom stereocenters. The SMILES string of the molecule is CCCN1CCC(NC(=O)Cn2c(=O)oc3ccccc32)CC1. The smallest absolute Gasteiger partial charge is 0.408 e. The number of hydrogen-bond donors (Lipinski definition) is 1. The van der Waals surface area contributed by atoms with E-state index in [1.807, 2.05) is 6.07 Å². The summed E-state index contributed by atoms with van der Waals surface area (Å²) < 4.78 is 6.54. The van der Waals surface area contributed by atoms with Gasteiger partial charge in [0.05, 0.1) is 5.52 Å². The zero-order valence-corrected chi connectivity index (χ0v) is 13.5. The Kier molecular flexibility index (Phi) is 4.81. The predicted octanol–water partition coefficient (Wildman–Crippen LogP) is 1.59. The molecule has 1 aliphatic rings. The first-order valence-electron chi connectivity index (χ1n) is 8.27. The van der Waals surface area contributed by atoms with E-state index < -0.39 is 5.76 Å². The molecular formula is C17H23N3O3. The number of nitrogens with one attached hydrogen (secondary N) is 1. The van der Waals surface area contributed by atoms with Crippen molar-refractivity contribution in [3.05, 3.63) is 34.8 Å². The first-order chi connectivity index (χ1) is 11.2. The van der Waals surface area contributed by atoms with E-state index in [0.717, 1.165) is 38.9 Å². The number of rotatable bonds is 5. The summed E-state index contributed by atoms with van der Waals surface area (Å²) in [4.78, 5) is 26.6. The average molecular weight is 317 g/mol. The van der Waals surface area contributed by atoms with Gasteiger partial charge >= 0.3 is 5.76 Å². The Bertz CT molecular complexity index is 726. The minimum atomic E-state index is -0.487. The van der Waals surface area contributed by atoms with Crippen LogP contribution in [0.1, 0.15) is 26.2 Å². The highest BCUT2D eigenvalue weighted by Crippen LogP contribution is 2.13. The molecule has 0 atom stereocenters. The number of carbonyl (C=O) groups excluding carboxylic acids is 1. The predicted molar refractivity (Wildman–Crippen MR) is 88.4 cm³/mol. The molecule has 124 valence electrons. The number of amides is 1. The summed E-state index contributed by atoms with van der Waals surface area (Å²) in [7, 11) is 0. The van der Waals surface area contributed by atoms with E-state index in [9.17, 15) is 9.59 Å². The van der Waals surface area contributed by atoms with Gasteiger partial charge in [0.1, 0.15) is 6.54 Å². The van der Waals surface area contributed by atoms with Crippen molar-refractivity contribution in [2.45, 2.75) is 38.8 Å². The lowest BCUT2D eigenvalue weighted by atomic mass is 10.0. The van der Waals surface area contributed by atoms with E-state index in [2.05, 4.69) is 17.1 Å². The minimum absolute atomic E-state index is 0.00498. The lowest BCUT2D eigenvalue weighted by Gasteiger charge is -2.32. The number of fused-ring (bicyclic) bond motifs is 1. The maximum Gasteiger partial charge on any atom is 0.420 e. The van der Waals surface area contributed by atoms with Crippen molar-refractivity contribution in [3.8, 4) is 0 Å². The molecule has 2 heterocycles. The van der Waals surface area contributed by atoms with Crippen LogP contribution in [0.25, 0.3) is 11.1 Å². The number of para-hydroxylation sites is 2. The zero-order chi connectivity index (χ0) is 16.2. The quantitative estimate of drug-likeness (QED) is 0.909. The van der Waals surface area contributed by atoms with E-state index in [1.165, 1.54) is 4.57 Å². The molecule has 0 radical (unpaired) electrons. The number of carbonyl (C=O) groups is 1. The summed E-state index contributed by atoms with van der Waals surface area (Å²) in [5.41, 5.74) is 1.17. The maximum atomic E-state index is 12.3. The van der Waals surface area contributed by atoms with Gasteiger partial charge in [-0.15, -0.1) is 0 Å². The van der Waals surface area contributed by atoms with Crippen LogP contribution in [0, 0.1) is 0 Å². The third-order valence-corrected chi connectivity index (χ3v) is 4.37. The second-order valence-electron chi connectivity index (χ2n) is 6.11. The molecule has 1 fully saturated rings. The number of nitrogens with zero attached hydrogens (tertiary/aromatic N) is 2. The molecule has 0 bridgehead atoms. The largest absolute Gasteiger partial charge is 0.420 e. The van der Waals surface area contributed by atoms with Gasteiger partial charge in [-0.25, -0.2) is 4.79 Å². The van der Waals surface area contributed by atoms with Crippen LogP contribution >= 0.6 is 0 Å². The molecule has 1 amide bonds. The molecule has 6 heteroatoms. The molecule has 1 saturated heterocycles. The van der Waals surface area contributed by atoms with Gasteiger partial charge in [-0.2, -0.15) is 0 Å². The van der Waals surface area contributed by atoms with Gasteiger partial charge in [0.25, 0.3) is 0 Å². The van der Waals surface area contributed by atoms with Crippen molar-refractivity contribution in [2.24, 2.45) is 0 Å². The van der Waals surface area contributed by atoms with E-state index >= 15 is 0 Å². The van der Waals surface area contributed by atoms with Crippen LogP contribution in [-0.4, -0.2) is 41.1 Å². The van der Waals surface area contributed by atoms with Crippen molar-refractivity contribution in [3.63, 3.8) is 0 Å². The highest BCUT2D eigenvalue weighted by atomic mass is 16.4. The van der Waals surface area contributed by atoms with Crippen molar-refractivity contribution in [2.75, 3.05) is 19.6 Å². The molecule has 0 saturated carbocycles. The summed E-state index contributed by atoms with van der Waals surface area (Å²) in [6.07, 6.45) is 3.09. The summed E-state index contributed by atoms with van der Waals surface area (Å²) in [5.74, 6) is -0.619. The van der Waals surface area contributed by atoms with Gasteiger partial charge in [-0.05, 0) is 37.9 Å². The fourth-order valence-electron chi connectivity index (χ4n) is 3.20. The lowest BCUT2D eigenvalue weighted by molar-refractivity contribution is -0.122. The molecule has 3 rings (SSSR count). The van der Waals surface area contributed by atoms with Gasteiger partial charge in [0.15, 0.2) is 5.58 Å². The number of oxazole rings is 1. The zero-order valence-electron chi connectivity index (χ0n) is 13.5. The lowest BCUT2D eigenvalue weighted by Crippen LogP contribution is -2.46. The monoisotopic (exact) mass is 317 g/mol. The van der Waals surface area contributed by atoms with Crippen LogP contribution in [0.15, 0.2) is 33.5 Å². The molecule has 0 aliphatic carbocycles. The first-order valence-corrected chi connectivity index (χ1v) is 8.27. The van der Waals surface area contributed by atoms with Gasteiger partial charge in [0, 0.05) is 19.1 Å². The fraction of sp³-hybridized carbons (Fsp3) is 0.529. The number of likely N-dealkylation sites (tertiary alicyclic amines) is 1. The third-order valence-electron chi connectivity index (χ3n) is 4.37. The van der Waals surface area contributed by atoms with Crippen molar-refractivity contribution >= 4 is 17.0 Å². The molecule has 1 aliphatic heterocycles. The third kappa shape index (κ3) is 3.64. The Morgan fingerprint density at radius 3 is 2.78 bits per heavy atom. The average Bonchev–Trinajstić information content (AvgIpc) is 2.85. The van der Waals surface area contributed by atoms with E-state index in [0.29, 0.717) is 11.1 Å². The Labute approximate surface area is 135 Å². The summed E-state index contributed by atoms with van der Waals surface area (Å²) in [5, 5.41) is 3.04. The summed E-state index contributed by atoms with van der Waals surface area (Å²) in [6.45, 7) is 5.35. The van der Waals surface area contributed by atoms with E-state index in [-0.39, 0.29) is 18.5 Å². The number of aromatic nitrogens is 1. The van der Waals surface area contributed by atoms with Crippen molar-refractivity contribution < 1.29 is 9.21 Å². The fourth-order valence-corrected chi connectivity index (χ4v) is 3.20. The van der Waals surface area contributed by atoms with E-state index in [4.69, 9.17) is 4.42 Å². The second-order valence-corrected chi connectivity index (χ2v) is 6.11. The molecule has 1 aromatic heterocycles. The second kappa shape index (κ2) is 7.00. The normalized spacial score (nSPS) is 16.7. The highest BCUT2D eigenvalue weighted by Gasteiger charge is 2.21. The molecule has 0 spiro atoms. The van der Waals surface area contributed by atoms with Crippen LogP contribution in [0.3, 0.4) is 0 Å². The van der Waals surface area contributed by atoms with E-state index in [1.54, 1.807) is 18.2 Å². The van der Waals surface area contributed by atoms with Crippen LogP contribution in [0.5, 0.6) is 0 Å². The number of benzene rings is 1. The molecule has 23 heavy (non-hydrogen) atoms. The summed E-state index contributed by atoms with van der Waals surface area (Å²) >= 11 is 0. The van der Waals surface area contributed by atoms with Crippen LogP contribution in [0.4, 0.5) is 0 Å². The highest BCUT2D eigenvalue weighted by molar-refractivity contribution is 5.79. The number of piperidine rings is 1. The van der Waals surface area contributed by atoms with Crippen LogP contribution in [0.2, 0.25) is 0 Å². The molecule has 6 nitrogen and oxygen atoms in total. The van der Waals surface area contributed by atoms with Gasteiger partial charge < -0.3 is 14.6 Å². The first kappa shape index (κ1) is 15.8. The standard InChI is InChI=1S/C17H23N3O3/c1-2-9-19-10-7-13(8-11-19)18-16(21)12-20-14-5-3-4-6-15(14)23-17(20)22/h3-6,13H,2,7-12H2,1H3,(H,18,21). The minimum Gasteiger partial charge on any atom is -0.408 e. The summed E-state index contributed by atoms with van der Waals surface area (Å²) in [6, 6.07) is 7.35. The Morgan fingerprint density at radius 1 is 1.30 bits per heavy atom. The molecular weight excluding hydrogens is 294 g/mol. The van der Waals surface area contributed by atoms with Gasteiger partial charge in [-0.3, -0.25) is 9.36 Å². The Hall–Kier alpha value is -2.08. The van der Waals surface area contributed by atoms with Crippen molar-refractivity contribution in [1.29, 1.82) is 0 Å². The van der Waals surface area contributed by atoms with Crippen molar-refractivity contribution in [1.82, 2.24) is 14.8 Å². The van der Waals surface area contributed by atoms with Crippen LogP contribution in [-0.2, 0) is 11.3 Å². The maximum absolute atomic E-state index is 12.3. The Morgan fingerprint density at radius 2 is 2.04 bits per heavy atom. The van der Waals surface area contributed by atoms with Gasteiger partial charge in [-0.1, -0.05) is 19.1 Å².